The van der Waals surface area contributed by atoms with Crippen LogP contribution in [0.5, 0.6) is 11.5 Å². The van der Waals surface area contributed by atoms with E-state index in [1.807, 2.05) is 62.1 Å². The first-order valence-corrected chi connectivity index (χ1v) is 17.9. The van der Waals surface area contributed by atoms with Crippen LogP contribution in [0.4, 0.5) is 4.79 Å². The maximum Gasteiger partial charge on any atom is 0.410 e. The van der Waals surface area contributed by atoms with Gasteiger partial charge in [-0.2, -0.15) is 0 Å². The number of benzene rings is 2. The molecule has 226 valence electrons. The minimum absolute atomic E-state index is 0.125. The van der Waals surface area contributed by atoms with Crippen LogP contribution >= 0.6 is 0 Å². The lowest BCUT2D eigenvalue weighted by Crippen LogP contribution is -2.49. The highest BCUT2D eigenvalue weighted by molar-refractivity contribution is 6.73. The Labute approximate surface area is 249 Å². The van der Waals surface area contributed by atoms with Gasteiger partial charge in [0.1, 0.15) is 30.3 Å². The summed E-state index contributed by atoms with van der Waals surface area (Å²) in [5, 5.41) is 0. The van der Waals surface area contributed by atoms with E-state index in [0.29, 0.717) is 19.8 Å². The molecule has 2 aromatic carbocycles. The number of para-hydroxylation sites is 1. The van der Waals surface area contributed by atoms with E-state index >= 15 is 0 Å². The molecule has 0 aliphatic heterocycles. The minimum atomic E-state index is -2.00. The zero-order valence-electron chi connectivity index (χ0n) is 26.1. The second-order valence-electron chi connectivity index (χ2n) is 12.0. The van der Waals surface area contributed by atoms with Crippen molar-refractivity contribution in [1.29, 1.82) is 0 Å². The van der Waals surface area contributed by atoms with Gasteiger partial charge >= 0.3 is 6.09 Å². The fraction of sp³-hybridized carbons (Fsp3) is 0.559. The van der Waals surface area contributed by atoms with E-state index in [0.717, 1.165) is 60.9 Å². The number of rotatable bonds is 14. The maximum atomic E-state index is 14.0. The predicted molar refractivity (Wildman–Crippen MR) is 169 cm³/mol. The maximum absolute atomic E-state index is 14.0. The van der Waals surface area contributed by atoms with Gasteiger partial charge in [-0.15, -0.1) is 0 Å². The molecule has 0 radical (unpaired) electrons. The van der Waals surface area contributed by atoms with Crippen LogP contribution in [0.3, 0.4) is 0 Å². The first-order chi connectivity index (χ1) is 19.6. The number of carbonyl (C=O) groups excluding carboxylic acids is 1. The molecule has 3 rings (SSSR count). The number of aryl methyl sites for hydroxylation is 1. The number of nitrogens with zero attached hydrogens (tertiary/aromatic N) is 1. The Morgan fingerprint density at radius 1 is 1.02 bits per heavy atom. The topological polar surface area (TPSA) is 57.2 Å². The number of hydrogen-bond donors (Lipinski definition) is 0. The second kappa shape index (κ2) is 15.5. The molecule has 0 aromatic heterocycles. The average molecular weight is 582 g/mol. The van der Waals surface area contributed by atoms with Crippen molar-refractivity contribution in [2.24, 2.45) is 0 Å². The summed E-state index contributed by atoms with van der Waals surface area (Å²) in [6.07, 6.45) is 5.05. The van der Waals surface area contributed by atoms with E-state index in [1.165, 1.54) is 5.56 Å². The number of amides is 1. The number of hydrogen-bond acceptors (Lipinski definition) is 5. The van der Waals surface area contributed by atoms with Gasteiger partial charge in [0.2, 0.25) is 0 Å². The van der Waals surface area contributed by atoms with E-state index < -0.39 is 13.9 Å². The third-order valence-corrected chi connectivity index (χ3v) is 12.6. The van der Waals surface area contributed by atoms with Gasteiger partial charge in [-0.05, 0) is 93.6 Å². The van der Waals surface area contributed by atoms with Gasteiger partial charge in [0.05, 0.1) is 18.7 Å². The summed E-state index contributed by atoms with van der Waals surface area (Å²) >= 11 is 0. The van der Waals surface area contributed by atoms with Crippen LogP contribution in [-0.2, 0) is 15.6 Å². The summed E-state index contributed by atoms with van der Waals surface area (Å²) in [6.45, 7) is 17.4. The van der Waals surface area contributed by atoms with E-state index in [9.17, 15) is 4.79 Å². The average Bonchev–Trinajstić information content (AvgIpc) is 3.17. The zero-order chi connectivity index (χ0) is 29.9. The molecular formula is C34H51NO5Si. The predicted octanol–water partition coefficient (Wildman–Crippen LogP) is 8.73. The molecule has 0 bridgehead atoms. The Bertz CT molecular complexity index is 1090. The third-order valence-electron chi connectivity index (χ3n) is 7.95. The van der Waals surface area contributed by atoms with Gasteiger partial charge in [0.25, 0.3) is 0 Å². The van der Waals surface area contributed by atoms with Crippen molar-refractivity contribution in [3.05, 3.63) is 72.3 Å². The smallest absolute Gasteiger partial charge is 0.410 e. The lowest BCUT2D eigenvalue weighted by molar-refractivity contribution is -0.00103. The summed E-state index contributed by atoms with van der Waals surface area (Å²) in [6, 6.07) is 19.0. The van der Waals surface area contributed by atoms with Gasteiger partial charge in [-0.3, -0.25) is 4.90 Å². The molecule has 1 aliphatic rings. The van der Waals surface area contributed by atoms with Crippen LogP contribution in [0.15, 0.2) is 61.2 Å². The largest absolute Gasteiger partial charge is 0.491 e. The molecule has 7 heteroatoms. The zero-order valence-corrected chi connectivity index (χ0v) is 27.1. The van der Waals surface area contributed by atoms with Gasteiger partial charge in [-0.1, -0.05) is 64.1 Å². The number of fused-ring (bicyclic) bond motifs is 1. The first kappa shape index (κ1) is 32.7. The molecule has 1 amide bonds. The molecule has 0 fully saturated rings. The van der Waals surface area contributed by atoms with Crippen molar-refractivity contribution in [2.75, 3.05) is 19.8 Å². The minimum Gasteiger partial charge on any atom is -0.491 e. The highest BCUT2D eigenvalue weighted by Crippen LogP contribution is 2.37. The van der Waals surface area contributed by atoms with Gasteiger partial charge < -0.3 is 18.6 Å². The van der Waals surface area contributed by atoms with Crippen molar-refractivity contribution in [1.82, 2.24) is 4.90 Å². The molecule has 0 heterocycles. The Hall–Kier alpha value is -2.77. The Balaban J connectivity index is 1.99. The van der Waals surface area contributed by atoms with E-state index in [1.54, 1.807) is 6.08 Å². The van der Waals surface area contributed by atoms with E-state index in [-0.39, 0.29) is 18.2 Å². The Morgan fingerprint density at radius 3 is 2.37 bits per heavy atom. The van der Waals surface area contributed by atoms with Crippen LogP contribution < -0.4 is 9.47 Å². The molecule has 0 N–H and O–H groups in total. The first-order valence-electron chi connectivity index (χ1n) is 15.3. The molecule has 0 saturated heterocycles. The van der Waals surface area contributed by atoms with Crippen molar-refractivity contribution in [2.45, 2.75) is 103 Å². The van der Waals surface area contributed by atoms with Crippen molar-refractivity contribution in [3.8, 4) is 11.5 Å². The summed E-state index contributed by atoms with van der Waals surface area (Å²) in [5.41, 5.74) is 1.77. The lowest BCUT2D eigenvalue weighted by Gasteiger charge is -2.39. The van der Waals surface area contributed by atoms with Crippen molar-refractivity contribution >= 4 is 14.4 Å². The molecule has 6 nitrogen and oxygen atoms in total. The molecule has 2 aromatic rings. The van der Waals surface area contributed by atoms with Gasteiger partial charge in [-0.25, -0.2) is 4.79 Å². The Kier molecular flexibility index (Phi) is 12.3. The molecular weight excluding hydrogens is 530 g/mol. The highest BCUT2D eigenvalue weighted by atomic mass is 28.4. The van der Waals surface area contributed by atoms with E-state index in [2.05, 4.69) is 39.5 Å². The molecule has 1 unspecified atom stereocenters. The Morgan fingerprint density at radius 2 is 1.73 bits per heavy atom. The fourth-order valence-corrected chi connectivity index (χ4v) is 8.40. The van der Waals surface area contributed by atoms with Crippen molar-refractivity contribution in [3.63, 3.8) is 0 Å². The second-order valence-corrected chi connectivity index (χ2v) is 16.7. The number of carbonyl (C=O) groups is 1. The van der Waals surface area contributed by atoms with Crippen LogP contribution in [0, 0.1) is 0 Å². The summed E-state index contributed by atoms with van der Waals surface area (Å²) in [4.78, 5) is 15.9. The molecule has 0 saturated carbocycles. The lowest BCUT2D eigenvalue weighted by atomic mass is 9.97. The van der Waals surface area contributed by atoms with Crippen molar-refractivity contribution < 1.29 is 23.4 Å². The van der Waals surface area contributed by atoms with Crippen LogP contribution in [-0.4, -0.2) is 50.8 Å². The van der Waals surface area contributed by atoms with E-state index in [4.69, 9.17) is 18.6 Å². The summed E-state index contributed by atoms with van der Waals surface area (Å²) in [5.74, 6) is 1.63. The molecule has 0 spiro atoms. The normalized spacial score (nSPS) is 16.2. The van der Waals surface area contributed by atoms with Crippen LogP contribution in [0.1, 0.15) is 78.0 Å². The number of ether oxygens (including phenoxy) is 3. The third kappa shape index (κ3) is 9.64. The monoisotopic (exact) mass is 581 g/mol. The van der Waals surface area contributed by atoms with Gasteiger partial charge in [0.15, 0.2) is 8.32 Å². The quantitative estimate of drug-likeness (QED) is 0.127. The molecule has 1 aliphatic carbocycles. The molecule has 41 heavy (non-hydrogen) atoms. The summed E-state index contributed by atoms with van der Waals surface area (Å²) < 4.78 is 25.2. The van der Waals surface area contributed by atoms with Crippen LogP contribution in [0.2, 0.25) is 18.1 Å². The standard InChI is InChI=1S/C34H51NO5Si/c1-8-23-37-29-21-22-31-27(24-29)17-15-16-20-32(31)35(33(36)39-34(5,6)7)25-30(40-41(9-2,10-3)11-4)26-38-28-18-13-12-14-19-28/h8,12-14,18-19,21-22,24,30,32H,1,9-11,15-17,20,23,25-26H2,2-7H3/t30-,32?/m0/s1. The SMILES string of the molecule is C=CCOc1ccc2c(c1)CCCCC2N(C[C@@H](COc1ccccc1)O[Si](CC)(CC)CC)C(=O)OC(C)(C)C. The molecule has 2 atom stereocenters. The van der Waals surface area contributed by atoms with Crippen LogP contribution in [0.25, 0.3) is 0 Å². The highest BCUT2D eigenvalue weighted by Gasteiger charge is 2.37. The van der Waals surface area contributed by atoms with Gasteiger partial charge in [0, 0.05) is 0 Å². The fourth-order valence-electron chi connectivity index (χ4n) is 5.55. The summed E-state index contributed by atoms with van der Waals surface area (Å²) in [7, 11) is -2.00.